The summed E-state index contributed by atoms with van der Waals surface area (Å²) in [5.74, 6) is 1.80. The van der Waals surface area contributed by atoms with E-state index in [0.29, 0.717) is 5.41 Å². The van der Waals surface area contributed by atoms with Gasteiger partial charge in [0, 0.05) is 18.0 Å². The van der Waals surface area contributed by atoms with E-state index in [4.69, 9.17) is 15.2 Å². The number of rotatable bonds is 1. The van der Waals surface area contributed by atoms with Crippen molar-refractivity contribution in [3.05, 3.63) is 23.8 Å². The van der Waals surface area contributed by atoms with Gasteiger partial charge >= 0.3 is 0 Å². The smallest absolute Gasteiger partial charge is 0.125 e. The van der Waals surface area contributed by atoms with Crippen LogP contribution in [0.15, 0.2) is 18.2 Å². The Morgan fingerprint density at radius 3 is 2.80 bits per heavy atom. The van der Waals surface area contributed by atoms with Crippen molar-refractivity contribution in [2.75, 3.05) is 7.11 Å². The monoisotopic (exact) mass is 275 g/mol. The zero-order valence-electron chi connectivity index (χ0n) is 12.7. The maximum absolute atomic E-state index is 6.43. The van der Waals surface area contributed by atoms with Gasteiger partial charge in [-0.1, -0.05) is 13.8 Å². The Morgan fingerprint density at radius 1 is 1.30 bits per heavy atom. The maximum atomic E-state index is 6.43. The van der Waals surface area contributed by atoms with Crippen LogP contribution < -0.4 is 15.2 Å². The van der Waals surface area contributed by atoms with Gasteiger partial charge in [0.1, 0.15) is 17.1 Å². The molecule has 0 saturated heterocycles. The number of hydrogen-bond donors (Lipinski definition) is 1. The van der Waals surface area contributed by atoms with Crippen molar-refractivity contribution in [1.82, 2.24) is 0 Å². The topological polar surface area (TPSA) is 44.5 Å². The fourth-order valence-electron chi connectivity index (χ4n) is 4.02. The molecule has 2 unspecified atom stereocenters. The Hall–Kier alpha value is -1.22. The van der Waals surface area contributed by atoms with Gasteiger partial charge in [0.25, 0.3) is 0 Å². The summed E-state index contributed by atoms with van der Waals surface area (Å²) in [6, 6.07) is 6.03. The highest BCUT2D eigenvalue weighted by molar-refractivity contribution is 5.44. The van der Waals surface area contributed by atoms with E-state index in [0.717, 1.165) is 36.3 Å². The molecule has 1 aromatic rings. The number of benzene rings is 1. The molecule has 20 heavy (non-hydrogen) atoms. The van der Waals surface area contributed by atoms with Crippen LogP contribution in [-0.2, 0) is 0 Å². The van der Waals surface area contributed by atoms with Crippen molar-refractivity contribution in [1.29, 1.82) is 0 Å². The average Bonchev–Trinajstić information content (AvgIpc) is 2.37. The predicted molar refractivity (Wildman–Crippen MR) is 80.1 cm³/mol. The Balaban J connectivity index is 1.92. The lowest BCUT2D eigenvalue weighted by atomic mass is 9.66. The van der Waals surface area contributed by atoms with Gasteiger partial charge in [0.2, 0.25) is 0 Å². The minimum Gasteiger partial charge on any atom is -0.497 e. The molecule has 1 aliphatic heterocycles. The lowest BCUT2D eigenvalue weighted by Crippen LogP contribution is -2.48. The molecule has 1 aliphatic carbocycles. The summed E-state index contributed by atoms with van der Waals surface area (Å²) in [6.07, 6.45) is 5.64. The molecule has 3 nitrogen and oxygen atoms in total. The van der Waals surface area contributed by atoms with E-state index in [1.165, 1.54) is 12.8 Å². The number of methoxy groups -OCH3 is 1. The summed E-state index contributed by atoms with van der Waals surface area (Å²) in [6.45, 7) is 4.68. The Labute approximate surface area is 121 Å². The van der Waals surface area contributed by atoms with Gasteiger partial charge in [-0.15, -0.1) is 0 Å². The molecule has 1 aromatic carbocycles. The molecule has 1 spiro atoms. The second-order valence-corrected chi connectivity index (χ2v) is 7.19. The maximum Gasteiger partial charge on any atom is 0.125 e. The van der Waals surface area contributed by atoms with Gasteiger partial charge in [-0.05, 0) is 49.3 Å². The third-order valence-electron chi connectivity index (χ3n) is 4.82. The molecule has 2 atom stereocenters. The lowest BCUT2D eigenvalue weighted by molar-refractivity contribution is -0.0386. The average molecular weight is 275 g/mol. The molecular formula is C17H25NO2. The van der Waals surface area contributed by atoms with Crippen LogP contribution in [0.5, 0.6) is 11.5 Å². The van der Waals surface area contributed by atoms with Gasteiger partial charge in [0.15, 0.2) is 0 Å². The van der Waals surface area contributed by atoms with E-state index >= 15 is 0 Å². The summed E-state index contributed by atoms with van der Waals surface area (Å²) in [7, 11) is 1.68. The van der Waals surface area contributed by atoms with Crippen LogP contribution in [0, 0.1) is 5.41 Å². The van der Waals surface area contributed by atoms with E-state index in [1.807, 2.05) is 18.2 Å². The molecule has 110 valence electrons. The first-order valence-electron chi connectivity index (χ1n) is 7.56. The molecule has 0 bridgehead atoms. The molecule has 0 aromatic heterocycles. The van der Waals surface area contributed by atoms with E-state index in [9.17, 15) is 0 Å². The Morgan fingerprint density at radius 2 is 2.10 bits per heavy atom. The van der Waals surface area contributed by atoms with E-state index < -0.39 is 0 Å². The molecule has 1 fully saturated rings. The highest BCUT2D eigenvalue weighted by Gasteiger charge is 2.45. The number of ether oxygens (including phenoxy) is 2. The van der Waals surface area contributed by atoms with Crippen molar-refractivity contribution in [2.24, 2.45) is 11.1 Å². The van der Waals surface area contributed by atoms with E-state index in [2.05, 4.69) is 13.8 Å². The van der Waals surface area contributed by atoms with Crippen LogP contribution in [0.4, 0.5) is 0 Å². The zero-order valence-corrected chi connectivity index (χ0v) is 12.7. The molecule has 0 amide bonds. The van der Waals surface area contributed by atoms with Gasteiger partial charge < -0.3 is 15.2 Å². The van der Waals surface area contributed by atoms with Gasteiger partial charge in [-0.3, -0.25) is 0 Å². The minimum atomic E-state index is -0.0667. The molecule has 2 N–H and O–H groups in total. The number of fused-ring (bicyclic) bond motifs is 1. The molecule has 3 heteroatoms. The van der Waals surface area contributed by atoms with E-state index in [-0.39, 0.29) is 11.6 Å². The summed E-state index contributed by atoms with van der Waals surface area (Å²) >= 11 is 0. The van der Waals surface area contributed by atoms with Gasteiger partial charge in [0.05, 0.1) is 7.11 Å². The second kappa shape index (κ2) is 4.66. The normalized spacial score (nSPS) is 31.5. The fourth-order valence-corrected chi connectivity index (χ4v) is 4.02. The summed E-state index contributed by atoms with van der Waals surface area (Å²) in [5, 5.41) is 0. The Bertz CT molecular complexity index is 512. The second-order valence-electron chi connectivity index (χ2n) is 7.19. The quantitative estimate of drug-likeness (QED) is 0.847. The van der Waals surface area contributed by atoms with Crippen LogP contribution in [0.25, 0.3) is 0 Å². The SMILES string of the molecule is COc1ccc2c(c1)C(N)CC1(CCCC(C)(C)C1)O2. The Kier molecular flexibility index (Phi) is 3.20. The molecule has 3 rings (SSSR count). The van der Waals surface area contributed by atoms with E-state index in [1.54, 1.807) is 7.11 Å². The van der Waals surface area contributed by atoms with Gasteiger partial charge in [-0.2, -0.15) is 0 Å². The molecule has 1 saturated carbocycles. The third-order valence-corrected chi connectivity index (χ3v) is 4.82. The van der Waals surface area contributed by atoms with Crippen molar-refractivity contribution in [3.8, 4) is 11.5 Å². The fraction of sp³-hybridized carbons (Fsp3) is 0.647. The summed E-state index contributed by atoms with van der Waals surface area (Å²) in [5.41, 5.74) is 7.79. The largest absolute Gasteiger partial charge is 0.497 e. The van der Waals surface area contributed by atoms with Crippen LogP contribution in [0.3, 0.4) is 0 Å². The number of hydrogen-bond acceptors (Lipinski definition) is 3. The van der Waals surface area contributed by atoms with Crippen molar-refractivity contribution in [2.45, 2.75) is 57.6 Å². The van der Waals surface area contributed by atoms with Crippen molar-refractivity contribution >= 4 is 0 Å². The summed E-state index contributed by atoms with van der Waals surface area (Å²) in [4.78, 5) is 0. The molecule has 1 heterocycles. The standard InChI is InChI=1S/C17H25NO2/c1-16(2)7-4-8-17(11-16)10-14(18)13-9-12(19-3)5-6-15(13)20-17/h5-6,9,14H,4,7-8,10-11,18H2,1-3H3. The first-order valence-corrected chi connectivity index (χ1v) is 7.56. The first kappa shape index (κ1) is 13.7. The highest BCUT2D eigenvalue weighted by Crippen LogP contribution is 2.50. The first-order chi connectivity index (χ1) is 9.43. The van der Waals surface area contributed by atoms with Crippen molar-refractivity contribution in [3.63, 3.8) is 0 Å². The van der Waals surface area contributed by atoms with Crippen LogP contribution in [0.1, 0.15) is 57.6 Å². The molecular weight excluding hydrogens is 250 g/mol. The summed E-state index contributed by atoms with van der Waals surface area (Å²) < 4.78 is 11.7. The third kappa shape index (κ3) is 2.39. The predicted octanol–water partition coefficient (Wildman–Crippen LogP) is 3.82. The molecule has 0 radical (unpaired) electrons. The van der Waals surface area contributed by atoms with Gasteiger partial charge in [-0.25, -0.2) is 0 Å². The van der Waals surface area contributed by atoms with Crippen molar-refractivity contribution < 1.29 is 9.47 Å². The minimum absolute atomic E-state index is 0.0442. The highest BCUT2D eigenvalue weighted by atomic mass is 16.5. The number of nitrogens with two attached hydrogens (primary N) is 1. The zero-order chi connectivity index (χ0) is 14.4. The molecule has 2 aliphatic rings. The lowest BCUT2D eigenvalue weighted by Gasteiger charge is -2.48. The van der Waals surface area contributed by atoms with Crippen LogP contribution in [0.2, 0.25) is 0 Å². The van der Waals surface area contributed by atoms with Crippen LogP contribution in [-0.4, -0.2) is 12.7 Å². The van der Waals surface area contributed by atoms with Crippen LogP contribution >= 0.6 is 0 Å².